The van der Waals surface area contributed by atoms with Gasteiger partial charge in [-0.15, -0.1) is 0 Å². The lowest BCUT2D eigenvalue weighted by Crippen LogP contribution is -2.14. The number of carboxylic acid groups (broad SMARTS) is 1. The van der Waals surface area contributed by atoms with Crippen molar-refractivity contribution in [2.75, 3.05) is 13.2 Å². The van der Waals surface area contributed by atoms with E-state index in [0.717, 1.165) is 5.56 Å². The molecule has 6 heteroatoms. The molecule has 0 amide bonds. The second-order valence-electron chi connectivity index (χ2n) is 4.67. The Balaban J connectivity index is 1.77. The van der Waals surface area contributed by atoms with E-state index in [1.807, 2.05) is 12.1 Å². The van der Waals surface area contributed by atoms with Gasteiger partial charge in [0, 0.05) is 5.02 Å². The molecule has 2 aromatic carbocycles. The van der Waals surface area contributed by atoms with E-state index in [1.165, 1.54) is 12.1 Å². The van der Waals surface area contributed by atoms with Gasteiger partial charge in [0.1, 0.15) is 6.61 Å². The number of carboxylic acids is 1. The first-order valence-electron chi connectivity index (χ1n) is 6.89. The van der Waals surface area contributed by atoms with Crippen molar-refractivity contribution in [1.82, 2.24) is 0 Å². The van der Waals surface area contributed by atoms with Crippen LogP contribution in [0.2, 0.25) is 5.02 Å². The minimum Gasteiger partial charge on any atom is -0.478 e. The summed E-state index contributed by atoms with van der Waals surface area (Å²) in [6.07, 6.45) is 0. The summed E-state index contributed by atoms with van der Waals surface area (Å²) in [4.78, 5) is 22.9. The Morgan fingerprint density at radius 1 is 0.957 bits per heavy atom. The first-order chi connectivity index (χ1) is 11.1. The van der Waals surface area contributed by atoms with Crippen LogP contribution in [0, 0.1) is 0 Å². The Morgan fingerprint density at radius 2 is 1.61 bits per heavy atom. The Kier molecular flexibility index (Phi) is 6.14. The lowest BCUT2D eigenvalue weighted by Gasteiger charge is -2.08. The van der Waals surface area contributed by atoms with Crippen molar-refractivity contribution < 1.29 is 24.2 Å². The van der Waals surface area contributed by atoms with Gasteiger partial charge >= 0.3 is 11.9 Å². The van der Waals surface area contributed by atoms with E-state index in [2.05, 4.69) is 0 Å². The molecule has 0 radical (unpaired) electrons. The first kappa shape index (κ1) is 17.0. The van der Waals surface area contributed by atoms with Crippen molar-refractivity contribution in [1.29, 1.82) is 0 Å². The molecule has 0 heterocycles. The molecule has 23 heavy (non-hydrogen) atoms. The summed E-state index contributed by atoms with van der Waals surface area (Å²) in [6.45, 7) is 0.629. The predicted molar refractivity (Wildman–Crippen MR) is 84.8 cm³/mol. The van der Waals surface area contributed by atoms with Crippen molar-refractivity contribution in [3.05, 3.63) is 70.2 Å². The number of hydrogen-bond donors (Lipinski definition) is 1. The molecule has 0 aliphatic rings. The normalized spacial score (nSPS) is 10.3. The standard InChI is InChI=1S/C17H15ClO5/c18-13-7-5-12(6-8-13)11-22-9-10-23-17(21)15-4-2-1-3-14(15)16(19)20/h1-8H,9-11H2,(H,19,20). The number of aromatic carboxylic acids is 1. The van der Waals surface area contributed by atoms with Crippen LogP contribution in [0.4, 0.5) is 0 Å². The third-order valence-electron chi connectivity index (χ3n) is 3.02. The monoisotopic (exact) mass is 334 g/mol. The zero-order valence-corrected chi connectivity index (χ0v) is 13.0. The van der Waals surface area contributed by atoms with Gasteiger partial charge in [0.15, 0.2) is 0 Å². The van der Waals surface area contributed by atoms with Gasteiger partial charge in [-0.25, -0.2) is 9.59 Å². The van der Waals surface area contributed by atoms with Crippen LogP contribution in [-0.4, -0.2) is 30.3 Å². The summed E-state index contributed by atoms with van der Waals surface area (Å²) >= 11 is 5.78. The summed E-state index contributed by atoms with van der Waals surface area (Å²) in [5.74, 6) is -1.85. The van der Waals surface area contributed by atoms with Crippen LogP contribution in [0.1, 0.15) is 26.3 Å². The first-order valence-corrected chi connectivity index (χ1v) is 7.27. The maximum atomic E-state index is 11.9. The predicted octanol–water partition coefficient (Wildman–Crippen LogP) is 3.41. The molecule has 0 aliphatic heterocycles. The topological polar surface area (TPSA) is 72.8 Å². The van der Waals surface area contributed by atoms with E-state index >= 15 is 0 Å². The zero-order chi connectivity index (χ0) is 16.7. The van der Waals surface area contributed by atoms with Gasteiger partial charge in [0.25, 0.3) is 0 Å². The van der Waals surface area contributed by atoms with E-state index in [-0.39, 0.29) is 24.3 Å². The molecule has 0 spiro atoms. The fourth-order valence-corrected chi connectivity index (χ4v) is 2.02. The fourth-order valence-electron chi connectivity index (χ4n) is 1.89. The minimum absolute atomic E-state index is 0.0256. The highest BCUT2D eigenvalue weighted by Gasteiger charge is 2.16. The van der Waals surface area contributed by atoms with Crippen molar-refractivity contribution in [2.45, 2.75) is 6.61 Å². The van der Waals surface area contributed by atoms with Gasteiger partial charge in [0.2, 0.25) is 0 Å². The van der Waals surface area contributed by atoms with Crippen LogP contribution in [0.15, 0.2) is 48.5 Å². The van der Waals surface area contributed by atoms with E-state index in [0.29, 0.717) is 11.6 Å². The number of esters is 1. The quantitative estimate of drug-likeness (QED) is 0.620. The SMILES string of the molecule is O=C(O)c1ccccc1C(=O)OCCOCc1ccc(Cl)cc1. The van der Waals surface area contributed by atoms with Crippen LogP contribution in [-0.2, 0) is 16.1 Å². The average Bonchev–Trinajstić information content (AvgIpc) is 2.56. The van der Waals surface area contributed by atoms with Crippen molar-refractivity contribution >= 4 is 23.5 Å². The number of carbonyl (C=O) groups excluding carboxylic acids is 1. The Hall–Kier alpha value is -2.37. The lowest BCUT2D eigenvalue weighted by atomic mass is 10.1. The number of ether oxygens (including phenoxy) is 2. The number of rotatable bonds is 7. The van der Waals surface area contributed by atoms with E-state index in [4.69, 9.17) is 26.2 Å². The molecule has 0 saturated heterocycles. The van der Waals surface area contributed by atoms with Crippen LogP contribution < -0.4 is 0 Å². The number of hydrogen-bond acceptors (Lipinski definition) is 4. The van der Waals surface area contributed by atoms with Crippen LogP contribution in [0.3, 0.4) is 0 Å². The highest BCUT2D eigenvalue weighted by atomic mass is 35.5. The largest absolute Gasteiger partial charge is 0.478 e. The molecule has 0 saturated carbocycles. The molecular formula is C17H15ClO5. The molecule has 0 atom stereocenters. The molecule has 5 nitrogen and oxygen atoms in total. The second-order valence-corrected chi connectivity index (χ2v) is 5.10. The summed E-state index contributed by atoms with van der Waals surface area (Å²) in [5.41, 5.74) is 0.897. The van der Waals surface area contributed by atoms with Gasteiger partial charge in [-0.3, -0.25) is 0 Å². The van der Waals surface area contributed by atoms with Crippen LogP contribution in [0.25, 0.3) is 0 Å². The lowest BCUT2D eigenvalue weighted by molar-refractivity contribution is 0.0284. The molecule has 0 aliphatic carbocycles. The maximum Gasteiger partial charge on any atom is 0.339 e. The minimum atomic E-state index is -1.17. The zero-order valence-electron chi connectivity index (χ0n) is 12.2. The molecule has 2 aromatic rings. The maximum absolute atomic E-state index is 11.9. The van der Waals surface area contributed by atoms with Gasteiger partial charge in [0.05, 0.1) is 24.3 Å². The molecule has 0 unspecified atom stereocenters. The van der Waals surface area contributed by atoms with Crippen molar-refractivity contribution in [2.24, 2.45) is 0 Å². The van der Waals surface area contributed by atoms with Crippen molar-refractivity contribution in [3.63, 3.8) is 0 Å². The molecule has 0 fully saturated rings. The highest BCUT2D eigenvalue weighted by Crippen LogP contribution is 2.11. The van der Waals surface area contributed by atoms with E-state index < -0.39 is 11.9 Å². The van der Waals surface area contributed by atoms with Gasteiger partial charge in [-0.2, -0.15) is 0 Å². The summed E-state index contributed by atoms with van der Waals surface area (Å²) in [6, 6.07) is 13.1. The molecule has 0 bridgehead atoms. The molecule has 0 aromatic heterocycles. The Morgan fingerprint density at radius 3 is 2.26 bits per heavy atom. The molecular weight excluding hydrogens is 320 g/mol. The summed E-state index contributed by atoms with van der Waals surface area (Å²) in [7, 11) is 0. The molecule has 2 rings (SSSR count). The summed E-state index contributed by atoms with van der Waals surface area (Å²) < 4.78 is 10.4. The Bertz CT molecular complexity index is 682. The summed E-state index contributed by atoms with van der Waals surface area (Å²) in [5, 5.41) is 9.68. The van der Waals surface area contributed by atoms with E-state index in [1.54, 1.807) is 24.3 Å². The third kappa shape index (κ3) is 5.09. The number of halogens is 1. The Labute approximate surface area is 138 Å². The fraction of sp³-hybridized carbons (Fsp3) is 0.176. The van der Waals surface area contributed by atoms with Gasteiger partial charge < -0.3 is 14.6 Å². The smallest absolute Gasteiger partial charge is 0.339 e. The number of benzene rings is 2. The van der Waals surface area contributed by atoms with Crippen LogP contribution >= 0.6 is 11.6 Å². The van der Waals surface area contributed by atoms with Gasteiger partial charge in [-0.1, -0.05) is 35.9 Å². The molecule has 120 valence electrons. The van der Waals surface area contributed by atoms with Crippen molar-refractivity contribution in [3.8, 4) is 0 Å². The second kappa shape index (κ2) is 8.31. The number of carbonyl (C=O) groups is 2. The highest BCUT2D eigenvalue weighted by molar-refractivity contribution is 6.30. The van der Waals surface area contributed by atoms with Crippen LogP contribution in [0.5, 0.6) is 0 Å². The van der Waals surface area contributed by atoms with E-state index in [9.17, 15) is 9.59 Å². The molecule has 1 N–H and O–H groups in total. The average molecular weight is 335 g/mol. The third-order valence-corrected chi connectivity index (χ3v) is 3.27. The van der Waals surface area contributed by atoms with Gasteiger partial charge in [-0.05, 0) is 29.8 Å².